The van der Waals surface area contributed by atoms with Gasteiger partial charge in [-0.1, -0.05) is 64.1 Å². The molecule has 21 nitrogen and oxygen atoms in total. The minimum Gasteiger partial charge on any atom is -0.471 e. The predicted octanol–water partition coefficient (Wildman–Crippen LogP) is 3.43. The van der Waals surface area contributed by atoms with Crippen LogP contribution in [0.3, 0.4) is 0 Å². The maximum atomic E-state index is 14.8. The first-order chi connectivity index (χ1) is 35.7. The zero-order chi connectivity index (χ0) is 55.0. The Morgan fingerprint density at radius 3 is 2.47 bits per heavy atom. The molecule has 0 spiro atoms. The van der Waals surface area contributed by atoms with E-state index in [-0.39, 0.29) is 111 Å². The number of carbonyl (C=O) groups is 5. The van der Waals surface area contributed by atoms with Gasteiger partial charge in [-0.2, -0.15) is 10.4 Å². The summed E-state index contributed by atoms with van der Waals surface area (Å²) >= 11 is 0. The third kappa shape index (κ3) is 15.9. The Kier molecular flexibility index (Phi) is 21.8. The second-order valence-electron chi connectivity index (χ2n) is 19.9. The second kappa shape index (κ2) is 27.7. The Morgan fingerprint density at radius 1 is 1.11 bits per heavy atom. The molecular weight excluding hydrogens is 966 g/mol. The number of likely N-dealkylation sites (N-methyl/N-ethyl adjacent to an activating group) is 2. The third-order valence-corrected chi connectivity index (χ3v) is 13.3. The van der Waals surface area contributed by atoms with Crippen molar-refractivity contribution >= 4 is 35.4 Å². The van der Waals surface area contributed by atoms with E-state index >= 15 is 0 Å². The number of ether oxygens (including phenoxy) is 3. The van der Waals surface area contributed by atoms with Crippen LogP contribution in [0.25, 0.3) is 11.3 Å². The molecule has 1 unspecified atom stereocenters. The average molecular weight is 1040 g/mol. The molecule has 2 bridgehead atoms. The fourth-order valence-corrected chi connectivity index (χ4v) is 8.82. The van der Waals surface area contributed by atoms with Crippen LogP contribution in [0, 0.1) is 22.7 Å². The number of nitrogens with zero attached hydrogens (tertiary/aromatic N) is 8. The van der Waals surface area contributed by atoms with Crippen LogP contribution in [0.5, 0.6) is 5.88 Å². The second-order valence-corrected chi connectivity index (χ2v) is 19.9. The average Bonchev–Trinajstić information content (AvgIpc) is 3.98. The van der Waals surface area contributed by atoms with Gasteiger partial charge in [-0.05, 0) is 63.8 Å². The number of likely N-dealkylation sites (tertiary alicyclic amines) is 1. The molecule has 2 aliphatic rings. The van der Waals surface area contributed by atoms with Gasteiger partial charge in [-0.3, -0.25) is 28.7 Å². The number of nitrogen functional groups attached to an aromatic ring is 1. The zero-order valence-electron chi connectivity index (χ0n) is 45.0. The Hall–Kier alpha value is -6.80. The minimum absolute atomic E-state index is 0.0157. The van der Waals surface area contributed by atoms with Gasteiger partial charge >= 0.3 is 0 Å². The molecule has 0 saturated carbocycles. The normalized spacial score (nSPS) is 19.3. The number of fused-ring (bicyclic) bond motifs is 4. The molecule has 5 rings (SSSR count). The first kappa shape index (κ1) is 59.1. The largest absolute Gasteiger partial charge is 0.471 e. The van der Waals surface area contributed by atoms with Gasteiger partial charge in [0.2, 0.25) is 29.5 Å². The number of benzene rings is 1. The van der Waals surface area contributed by atoms with E-state index in [1.54, 1.807) is 51.5 Å². The first-order valence-electron chi connectivity index (χ1n) is 25.5. The van der Waals surface area contributed by atoms with Crippen molar-refractivity contribution in [1.29, 1.82) is 5.26 Å². The lowest BCUT2D eigenvalue weighted by molar-refractivity contribution is -0.144. The number of nitrogens with two attached hydrogens (primary N) is 1. The lowest BCUT2D eigenvalue weighted by atomic mass is 9.85. The number of carbonyl (C=O) groups excluding carboxylic acids is 5. The van der Waals surface area contributed by atoms with Gasteiger partial charge in [-0.25, -0.2) is 14.4 Å². The molecule has 1 aromatic carbocycles. The number of nitriles is 1. The van der Waals surface area contributed by atoms with Crippen molar-refractivity contribution < 1.29 is 42.6 Å². The Labute approximate surface area is 439 Å². The van der Waals surface area contributed by atoms with Crippen LogP contribution in [0.15, 0.2) is 60.6 Å². The van der Waals surface area contributed by atoms with E-state index in [1.165, 1.54) is 34.2 Å². The maximum Gasteiger partial charge on any atom is 0.258 e. The van der Waals surface area contributed by atoms with Crippen molar-refractivity contribution in [2.75, 3.05) is 72.9 Å². The van der Waals surface area contributed by atoms with E-state index < -0.39 is 47.3 Å². The molecule has 4 heterocycles. The van der Waals surface area contributed by atoms with Crippen LogP contribution in [-0.2, 0) is 46.5 Å². The summed E-state index contributed by atoms with van der Waals surface area (Å²) in [6, 6.07) is 9.16. The molecule has 0 radical (unpaired) electrons. The standard InChI is InChI=1S/C53H76FN13O8/c1-11-16-36(54)27-38-34(4)75-50-47(56)59-30-41(61-50)45-40(29-55)63-67(43(45)32-65(10)51(38)71)22-21-64(9)44(68)19-23-73-25-26-74-24-20-58-37-28-42(49(70)60-39(12-2)35-17-14-13-15-18-35)66(31-37)52(72)46(53(5,6)7)62-48(69)33(3)57-8/h11,13-18,27,30,33-34,37-39,42,46,57-58H,12,19-26,28,31-32H2,1-10H3,(H2,56,59)(H,60,70)(H,62,69)/b16-11-,36-27+/t33-,34+,37-,38?,39+,42-,46+/m0/s1. The smallest absolute Gasteiger partial charge is 0.258 e. The van der Waals surface area contributed by atoms with Gasteiger partial charge in [0.15, 0.2) is 11.5 Å². The van der Waals surface area contributed by atoms with Crippen LogP contribution >= 0.6 is 0 Å². The molecule has 7 atom stereocenters. The molecule has 2 aliphatic heterocycles. The Morgan fingerprint density at radius 2 is 1.81 bits per heavy atom. The van der Waals surface area contributed by atoms with Crippen LogP contribution in [0.1, 0.15) is 90.7 Å². The SMILES string of the molecule is C/C=C\C(F)=C/C1C(=O)N(C)Cc2c(c(C#N)nn2CCN(C)C(=O)CCOCCOCCN[C@H]2C[C@@H](C(=O)N[C@H](CC)c3ccccc3)N(C(=O)[C@@H](NC(=O)[C@H](C)NC)C(C)(C)C)C2)-c2cnc(N)c(n2)O[C@@H]1C. The van der Waals surface area contributed by atoms with Crippen molar-refractivity contribution in [3.63, 3.8) is 0 Å². The Bertz CT molecular complexity index is 2540. The van der Waals surface area contributed by atoms with Crippen molar-refractivity contribution in [3.8, 4) is 23.2 Å². The predicted molar refractivity (Wildman–Crippen MR) is 280 cm³/mol. The zero-order valence-corrected chi connectivity index (χ0v) is 45.0. The fourth-order valence-electron chi connectivity index (χ4n) is 8.82. The van der Waals surface area contributed by atoms with Gasteiger partial charge in [0, 0.05) is 39.8 Å². The molecule has 5 amide bonds. The van der Waals surface area contributed by atoms with E-state index in [0.29, 0.717) is 37.3 Å². The van der Waals surface area contributed by atoms with Gasteiger partial charge in [0.1, 0.15) is 30.1 Å². The summed E-state index contributed by atoms with van der Waals surface area (Å²) in [6.45, 7) is 14.6. The van der Waals surface area contributed by atoms with E-state index in [0.717, 1.165) is 5.56 Å². The monoisotopic (exact) mass is 1040 g/mol. The summed E-state index contributed by atoms with van der Waals surface area (Å²) in [7, 11) is 4.88. The number of allylic oxidation sites excluding steroid dienone is 3. The highest BCUT2D eigenvalue weighted by molar-refractivity contribution is 5.94. The van der Waals surface area contributed by atoms with E-state index in [2.05, 4.69) is 42.4 Å². The molecule has 408 valence electrons. The summed E-state index contributed by atoms with van der Waals surface area (Å²) in [6.07, 6.45) is 5.52. The van der Waals surface area contributed by atoms with E-state index in [1.807, 2.05) is 58.0 Å². The molecule has 2 aromatic heterocycles. The quantitative estimate of drug-likeness (QED) is 0.0673. The number of amides is 5. The third-order valence-electron chi connectivity index (χ3n) is 13.3. The maximum absolute atomic E-state index is 14.8. The topological polar surface area (TPSA) is 264 Å². The van der Waals surface area contributed by atoms with Gasteiger partial charge < -0.3 is 55.9 Å². The minimum atomic E-state index is -1.08. The summed E-state index contributed by atoms with van der Waals surface area (Å²) in [5.41, 5.74) is 7.46. The number of anilines is 1. The Balaban J connectivity index is 1.12. The molecule has 75 heavy (non-hydrogen) atoms. The molecule has 3 aromatic rings. The number of hydrogen-bond acceptors (Lipinski definition) is 15. The van der Waals surface area contributed by atoms with Crippen LogP contribution in [0.4, 0.5) is 10.2 Å². The van der Waals surface area contributed by atoms with Gasteiger partial charge in [0.05, 0.1) is 87.1 Å². The van der Waals surface area contributed by atoms with Crippen molar-refractivity contribution in [2.24, 2.45) is 11.3 Å². The lowest BCUT2D eigenvalue weighted by Crippen LogP contribution is -2.59. The first-order valence-corrected chi connectivity index (χ1v) is 25.5. The van der Waals surface area contributed by atoms with Gasteiger partial charge in [-0.15, -0.1) is 0 Å². The molecular formula is C53H76FN13O8. The lowest BCUT2D eigenvalue weighted by Gasteiger charge is -2.36. The molecule has 1 fully saturated rings. The van der Waals surface area contributed by atoms with Crippen LogP contribution in [0.2, 0.25) is 0 Å². The molecule has 1 saturated heterocycles. The van der Waals surface area contributed by atoms with Gasteiger partial charge in [0.25, 0.3) is 5.88 Å². The summed E-state index contributed by atoms with van der Waals surface area (Å²) in [5.74, 6) is -3.41. The van der Waals surface area contributed by atoms with Crippen LogP contribution < -0.4 is 31.7 Å². The van der Waals surface area contributed by atoms with Crippen molar-refractivity contribution in [3.05, 3.63) is 77.5 Å². The van der Waals surface area contributed by atoms with Crippen molar-refractivity contribution in [1.82, 2.24) is 55.7 Å². The summed E-state index contributed by atoms with van der Waals surface area (Å²) in [4.78, 5) is 81.9. The number of aromatic nitrogens is 4. The number of halogens is 1. The van der Waals surface area contributed by atoms with Crippen molar-refractivity contribution in [2.45, 2.75) is 117 Å². The highest BCUT2D eigenvalue weighted by atomic mass is 19.1. The number of nitrogens with one attached hydrogen (secondary N) is 4. The number of hydrogen-bond donors (Lipinski definition) is 5. The summed E-state index contributed by atoms with van der Waals surface area (Å²) < 4.78 is 33.9. The van der Waals surface area contributed by atoms with Crippen LogP contribution in [-0.4, -0.2) is 161 Å². The van der Waals surface area contributed by atoms with E-state index in [4.69, 9.17) is 19.9 Å². The van der Waals surface area contributed by atoms with E-state index in [9.17, 15) is 33.6 Å². The number of rotatable bonds is 23. The molecule has 0 aliphatic carbocycles. The fraction of sp³-hybridized carbons (Fsp3) is 0.566. The highest BCUT2D eigenvalue weighted by Crippen LogP contribution is 2.33. The summed E-state index contributed by atoms with van der Waals surface area (Å²) in [5, 5.41) is 27.2. The highest BCUT2D eigenvalue weighted by Gasteiger charge is 2.45. The molecule has 22 heteroatoms. The molecule has 6 N–H and O–H groups in total.